The van der Waals surface area contributed by atoms with Crippen LogP contribution < -0.4 is 11.1 Å². The molecule has 134 valence electrons. The average Bonchev–Trinajstić information content (AvgIpc) is 2.67. The number of hydrogen-bond donors (Lipinski definition) is 2. The van der Waals surface area contributed by atoms with Crippen molar-refractivity contribution in [1.82, 2.24) is 0 Å². The Kier molecular flexibility index (Phi) is 5.85. The van der Waals surface area contributed by atoms with Crippen LogP contribution in [0.1, 0.15) is 29.2 Å². The molecule has 0 aliphatic heterocycles. The number of benzene rings is 3. The molecule has 3 rings (SSSR count). The Hall–Kier alpha value is -3.59. The molecule has 0 fully saturated rings. The molecule has 3 heteroatoms. The largest absolute Gasteiger partial charge is 0.398 e. The van der Waals surface area contributed by atoms with Gasteiger partial charge in [-0.15, -0.1) is 0 Å². The molecule has 0 atom stereocenters. The normalized spacial score (nSPS) is 11.1. The summed E-state index contributed by atoms with van der Waals surface area (Å²) in [5.41, 5.74) is 11.5. The highest BCUT2D eigenvalue weighted by Gasteiger charge is 2.06. The molecule has 0 saturated heterocycles. The first-order chi connectivity index (χ1) is 13.1. The highest BCUT2D eigenvalue weighted by Crippen LogP contribution is 2.27. The molecule has 3 nitrogen and oxygen atoms in total. The van der Waals surface area contributed by atoms with Gasteiger partial charge in [-0.1, -0.05) is 85.0 Å². The van der Waals surface area contributed by atoms with Gasteiger partial charge in [0.25, 0.3) is 0 Å². The van der Waals surface area contributed by atoms with Crippen LogP contribution in [0.3, 0.4) is 0 Å². The Morgan fingerprint density at radius 3 is 1.81 bits per heavy atom. The van der Waals surface area contributed by atoms with Crippen LogP contribution in [0.15, 0.2) is 72.8 Å². The van der Waals surface area contributed by atoms with Gasteiger partial charge in [0.1, 0.15) is 0 Å². The molecule has 3 aromatic carbocycles. The maximum absolute atomic E-state index is 11.6. The van der Waals surface area contributed by atoms with Crippen molar-refractivity contribution in [3.8, 4) is 0 Å². The first-order valence-electron chi connectivity index (χ1n) is 8.79. The lowest BCUT2D eigenvalue weighted by Gasteiger charge is -2.11. The molecule has 0 radical (unpaired) electrons. The number of carbonyl (C=O) groups excluding carboxylic acids is 1. The van der Waals surface area contributed by atoms with E-state index in [9.17, 15) is 4.79 Å². The average molecular weight is 354 g/mol. The highest BCUT2D eigenvalue weighted by molar-refractivity contribution is 5.94. The van der Waals surface area contributed by atoms with Gasteiger partial charge in [0.15, 0.2) is 0 Å². The van der Waals surface area contributed by atoms with Crippen molar-refractivity contribution in [3.63, 3.8) is 0 Å². The van der Waals surface area contributed by atoms with Gasteiger partial charge in [0.05, 0.1) is 5.69 Å². The zero-order valence-electron chi connectivity index (χ0n) is 15.2. The maximum Gasteiger partial charge on any atom is 0.221 e. The zero-order chi connectivity index (χ0) is 19.1. The molecule has 0 unspecified atom stereocenters. The highest BCUT2D eigenvalue weighted by atomic mass is 16.1. The van der Waals surface area contributed by atoms with Crippen LogP contribution in [-0.2, 0) is 4.79 Å². The quantitative estimate of drug-likeness (QED) is 0.465. The van der Waals surface area contributed by atoms with Crippen LogP contribution in [0, 0.1) is 0 Å². The molecule has 0 bridgehead atoms. The fourth-order valence-corrected chi connectivity index (χ4v) is 2.73. The van der Waals surface area contributed by atoms with E-state index in [-0.39, 0.29) is 5.91 Å². The van der Waals surface area contributed by atoms with Crippen molar-refractivity contribution < 1.29 is 4.79 Å². The molecule has 0 heterocycles. The number of carbonyl (C=O) groups is 1. The summed E-state index contributed by atoms with van der Waals surface area (Å²) in [5, 5.41) is 2.86. The van der Waals surface area contributed by atoms with E-state index in [1.165, 1.54) is 6.92 Å². The maximum atomic E-state index is 11.6. The number of amides is 1. The fraction of sp³-hybridized carbons (Fsp3) is 0.0417. The molecule has 3 aromatic rings. The molecular weight excluding hydrogens is 332 g/mol. The number of nitrogens with one attached hydrogen (secondary N) is 1. The third-order valence-electron chi connectivity index (χ3n) is 4.08. The number of rotatable bonds is 5. The Morgan fingerprint density at radius 1 is 0.778 bits per heavy atom. The lowest BCUT2D eigenvalue weighted by Crippen LogP contribution is -2.08. The molecule has 3 N–H and O–H groups in total. The van der Waals surface area contributed by atoms with E-state index < -0.39 is 0 Å². The van der Waals surface area contributed by atoms with Gasteiger partial charge < -0.3 is 11.1 Å². The number of anilines is 2. The van der Waals surface area contributed by atoms with Gasteiger partial charge >= 0.3 is 0 Å². The van der Waals surface area contributed by atoms with E-state index in [4.69, 9.17) is 5.73 Å². The van der Waals surface area contributed by atoms with E-state index in [1.807, 2.05) is 91.0 Å². The van der Waals surface area contributed by atoms with E-state index >= 15 is 0 Å². The van der Waals surface area contributed by atoms with Crippen LogP contribution in [-0.4, -0.2) is 5.91 Å². The summed E-state index contributed by atoms with van der Waals surface area (Å²) >= 11 is 0. The molecule has 0 aliphatic rings. The molecule has 27 heavy (non-hydrogen) atoms. The second-order valence-electron chi connectivity index (χ2n) is 6.24. The summed E-state index contributed by atoms with van der Waals surface area (Å²) in [6, 6.07) is 23.9. The summed E-state index contributed by atoms with van der Waals surface area (Å²) < 4.78 is 0. The van der Waals surface area contributed by atoms with Crippen molar-refractivity contribution >= 4 is 41.6 Å². The van der Waals surface area contributed by atoms with Crippen LogP contribution in [0.25, 0.3) is 24.3 Å². The predicted octanol–water partition coefficient (Wildman–Crippen LogP) is 5.57. The van der Waals surface area contributed by atoms with E-state index in [2.05, 4.69) is 5.32 Å². The van der Waals surface area contributed by atoms with Gasteiger partial charge in [-0.2, -0.15) is 0 Å². The van der Waals surface area contributed by atoms with Crippen molar-refractivity contribution in [2.24, 2.45) is 0 Å². The Bertz CT molecular complexity index is 974. The lowest BCUT2D eigenvalue weighted by molar-refractivity contribution is -0.114. The third kappa shape index (κ3) is 5.19. The van der Waals surface area contributed by atoms with Gasteiger partial charge in [0, 0.05) is 12.6 Å². The third-order valence-corrected chi connectivity index (χ3v) is 4.08. The molecule has 1 amide bonds. The minimum absolute atomic E-state index is 0.128. The summed E-state index contributed by atoms with van der Waals surface area (Å²) in [4.78, 5) is 11.6. The standard InChI is InChI=1S/C24H22N2O/c1-18(27)26-24-17-23(25)21(14-12-19-8-4-2-5-9-19)16-22(24)15-13-20-10-6-3-7-11-20/h2-17H,25H2,1H3,(H,26,27)/b14-12+,15-13+. The fourth-order valence-electron chi connectivity index (χ4n) is 2.73. The summed E-state index contributed by atoms with van der Waals surface area (Å²) in [6.45, 7) is 1.49. The van der Waals surface area contributed by atoms with E-state index in [0.29, 0.717) is 11.4 Å². The van der Waals surface area contributed by atoms with Crippen LogP contribution in [0.2, 0.25) is 0 Å². The van der Waals surface area contributed by atoms with Gasteiger partial charge in [-0.25, -0.2) is 0 Å². The Balaban J connectivity index is 1.96. The first kappa shape index (κ1) is 18.2. The predicted molar refractivity (Wildman–Crippen MR) is 116 cm³/mol. The van der Waals surface area contributed by atoms with Crippen LogP contribution in [0.4, 0.5) is 11.4 Å². The minimum Gasteiger partial charge on any atom is -0.398 e. The zero-order valence-corrected chi connectivity index (χ0v) is 15.2. The second-order valence-corrected chi connectivity index (χ2v) is 6.24. The van der Waals surface area contributed by atoms with Gasteiger partial charge in [-0.3, -0.25) is 4.79 Å². The van der Waals surface area contributed by atoms with E-state index in [1.54, 1.807) is 6.07 Å². The van der Waals surface area contributed by atoms with Crippen molar-refractivity contribution in [2.45, 2.75) is 6.92 Å². The topological polar surface area (TPSA) is 55.1 Å². The summed E-state index contributed by atoms with van der Waals surface area (Å²) in [5.74, 6) is -0.128. The minimum atomic E-state index is -0.128. The van der Waals surface area contributed by atoms with Crippen molar-refractivity contribution in [1.29, 1.82) is 0 Å². The molecule has 0 aromatic heterocycles. The van der Waals surface area contributed by atoms with Crippen LogP contribution in [0.5, 0.6) is 0 Å². The summed E-state index contributed by atoms with van der Waals surface area (Å²) in [6.07, 6.45) is 8.01. The SMILES string of the molecule is CC(=O)Nc1cc(N)c(/C=C/c2ccccc2)cc1/C=C/c1ccccc1. The number of nitrogens with two attached hydrogens (primary N) is 1. The lowest BCUT2D eigenvalue weighted by atomic mass is 10.0. The van der Waals surface area contributed by atoms with Gasteiger partial charge in [-0.05, 0) is 34.4 Å². The van der Waals surface area contributed by atoms with Crippen molar-refractivity contribution in [3.05, 3.63) is 95.1 Å². The monoisotopic (exact) mass is 354 g/mol. The molecule has 0 spiro atoms. The van der Waals surface area contributed by atoms with Crippen LogP contribution >= 0.6 is 0 Å². The molecule has 0 aliphatic carbocycles. The second kappa shape index (κ2) is 8.68. The smallest absolute Gasteiger partial charge is 0.221 e. The van der Waals surface area contributed by atoms with Gasteiger partial charge in [0.2, 0.25) is 5.91 Å². The van der Waals surface area contributed by atoms with E-state index in [0.717, 1.165) is 22.3 Å². The van der Waals surface area contributed by atoms with Crippen molar-refractivity contribution in [2.75, 3.05) is 11.1 Å². The number of hydrogen-bond acceptors (Lipinski definition) is 2. The molecule has 0 saturated carbocycles. The first-order valence-corrected chi connectivity index (χ1v) is 8.79. The Labute approximate surface area is 159 Å². The number of nitrogen functional groups attached to an aromatic ring is 1. The Morgan fingerprint density at radius 2 is 1.30 bits per heavy atom. The summed E-state index contributed by atoms with van der Waals surface area (Å²) in [7, 11) is 0. The molecular formula is C24H22N2O.